The second-order valence-corrected chi connectivity index (χ2v) is 5.55. The Morgan fingerprint density at radius 2 is 2.36 bits per heavy atom. The van der Waals surface area contributed by atoms with E-state index in [9.17, 15) is 4.79 Å². The maximum Gasteiger partial charge on any atom is 0.224 e. The van der Waals surface area contributed by atoms with Gasteiger partial charge in [-0.15, -0.1) is 10.2 Å². The van der Waals surface area contributed by atoms with Crippen LogP contribution in [0.1, 0.15) is 32.6 Å². The van der Waals surface area contributed by atoms with Crippen molar-refractivity contribution in [3.05, 3.63) is 24.3 Å². The fraction of sp³-hybridized carbons (Fsp3) is 0.467. The number of H-pyrrole nitrogens is 1. The standard InChI is InChI=1S/C15H19N5O2/c1-10-5-6-13(22-10)7-8-14(21)16-12-4-2-3-11(9-12)15-17-19-20-18-15/h2-4,9-10,13H,5-8H2,1H3,(H,16,21)(H,17,18,19,20)/t10-,13-/m0/s1. The molecule has 1 aliphatic heterocycles. The summed E-state index contributed by atoms with van der Waals surface area (Å²) < 4.78 is 5.72. The largest absolute Gasteiger partial charge is 0.375 e. The van der Waals surface area contributed by atoms with Crippen LogP contribution >= 0.6 is 0 Å². The van der Waals surface area contributed by atoms with Crippen LogP contribution in [-0.2, 0) is 9.53 Å². The van der Waals surface area contributed by atoms with Crippen molar-refractivity contribution in [3.63, 3.8) is 0 Å². The van der Waals surface area contributed by atoms with Crippen molar-refractivity contribution in [2.45, 2.75) is 44.8 Å². The monoisotopic (exact) mass is 301 g/mol. The highest BCUT2D eigenvalue weighted by Crippen LogP contribution is 2.23. The third-order valence-corrected chi connectivity index (χ3v) is 3.76. The van der Waals surface area contributed by atoms with Gasteiger partial charge in [-0.2, -0.15) is 5.21 Å². The van der Waals surface area contributed by atoms with E-state index in [0.29, 0.717) is 18.3 Å². The second-order valence-electron chi connectivity index (χ2n) is 5.55. The molecular weight excluding hydrogens is 282 g/mol. The lowest BCUT2D eigenvalue weighted by atomic mass is 10.1. The molecule has 1 amide bonds. The number of hydrogen-bond acceptors (Lipinski definition) is 5. The summed E-state index contributed by atoms with van der Waals surface area (Å²) in [7, 11) is 0. The van der Waals surface area contributed by atoms with Crippen LogP contribution in [0.5, 0.6) is 0 Å². The topological polar surface area (TPSA) is 92.8 Å². The first-order valence-electron chi connectivity index (χ1n) is 7.50. The van der Waals surface area contributed by atoms with Crippen LogP contribution in [0, 0.1) is 0 Å². The molecule has 7 nitrogen and oxygen atoms in total. The molecule has 1 aromatic heterocycles. The number of tetrazole rings is 1. The molecule has 116 valence electrons. The van der Waals surface area contributed by atoms with E-state index >= 15 is 0 Å². The predicted molar refractivity (Wildman–Crippen MR) is 81.0 cm³/mol. The third kappa shape index (κ3) is 3.67. The number of carbonyl (C=O) groups is 1. The number of rotatable bonds is 5. The summed E-state index contributed by atoms with van der Waals surface area (Å²) in [5, 5.41) is 16.7. The molecular formula is C15H19N5O2. The Balaban J connectivity index is 1.54. The molecule has 0 unspecified atom stereocenters. The summed E-state index contributed by atoms with van der Waals surface area (Å²) in [4.78, 5) is 12.0. The number of aromatic nitrogens is 4. The van der Waals surface area contributed by atoms with Crippen LogP contribution in [0.4, 0.5) is 5.69 Å². The van der Waals surface area contributed by atoms with Gasteiger partial charge in [-0.25, -0.2) is 0 Å². The minimum atomic E-state index is -0.00610. The van der Waals surface area contributed by atoms with E-state index in [-0.39, 0.29) is 12.0 Å². The van der Waals surface area contributed by atoms with E-state index < -0.39 is 0 Å². The molecule has 1 aliphatic rings. The van der Waals surface area contributed by atoms with Gasteiger partial charge >= 0.3 is 0 Å². The van der Waals surface area contributed by atoms with Gasteiger partial charge in [0.05, 0.1) is 12.2 Å². The van der Waals surface area contributed by atoms with E-state index in [1.54, 1.807) is 0 Å². The van der Waals surface area contributed by atoms with Gasteiger partial charge in [0, 0.05) is 17.7 Å². The second kappa shape index (κ2) is 6.65. The normalized spacial score (nSPS) is 21.0. The molecule has 0 radical (unpaired) electrons. The molecule has 0 saturated carbocycles. The lowest BCUT2D eigenvalue weighted by molar-refractivity contribution is -0.116. The lowest BCUT2D eigenvalue weighted by Crippen LogP contribution is -2.16. The molecule has 22 heavy (non-hydrogen) atoms. The van der Waals surface area contributed by atoms with Crippen LogP contribution in [0.2, 0.25) is 0 Å². The molecule has 0 aliphatic carbocycles. The van der Waals surface area contributed by atoms with Gasteiger partial charge in [0.1, 0.15) is 0 Å². The molecule has 2 heterocycles. The molecule has 1 aromatic carbocycles. The minimum Gasteiger partial charge on any atom is -0.375 e. The first-order valence-corrected chi connectivity index (χ1v) is 7.50. The molecule has 2 atom stereocenters. The van der Waals surface area contributed by atoms with E-state index in [4.69, 9.17) is 4.74 Å². The maximum absolute atomic E-state index is 12.0. The van der Waals surface area contributed by atoms with Crippen LogP contribution < -0.4 is 5.32 Å². The minimum absolute atomic E-state index is 0.00610. The number of anilines is 1. The summed E-state index contributed by atoms with van der Waals surface area (Å²) in [5.41, 5.74) is 1.53. The van der Waals surface area contributed by atoms with Crippen molar-refractivity contribution in [1.29, 1.82) is 0 Å². The Hall–Kier alpha value is -2.28. The Bertz CT molecular complexity index is 629. The smallest absolute Gasteiger partial charge is 0.224 e. The predicted octanol–water partition coefficient (Wildman–Crippen LogP) is 2.15. The molecule has 2 N–H and O–H groups in total. The van der Waals surface area contributed by atoms with Crippen molar-refractivity contribution in [1.82, 2.24) is 20.6 Å². The Morgan fingerprint density at radius 3 is 3.09 bits per heavy atom. The van der Waals surface area contributed by atoms with Crippen molar-refractivity contribution in [2.75, 3.05) is 5.32 Å². The van der Waals surface area contributed by atoms with Crippen LogP contribution in [-0.4, -0.2) is 38.7 Å². The highest BCUT2D eigenvalue weighted by atomic mass is 16.5. The summed E-state index contributed by atoms with van der Waals surface area (Å²) in [5.74, 6) is 0.498. The van der Waals surface area contributed by atoms with E-state index in [2.05, 4.69) is 32.9 Å². The van der Waals surface area contributed by atoms with Gasteiger partial charge in [-0.1, -0.05) is 12.1 Å². The zero-order valence-corrected chi connectivity index (χ0v) is 12.5. The highest BCUT2D eigenvalue weighted by molar-refractivity contribution is 5.91. The average molecular weight is 301 g/mol. The highest BCUT2D eigenvalue weighted by Gasteiger charge is 2.22. The zero-order valence-electron chi connectivity index (χ0n) is 12.5. The summed E-state index contributed by atoms with van der Waals surface area (Å²) >= 11 is 0. The van der Waals surface area contributed by atoms with Crippen molar-refractivity contribution < 1.29 is 9.53 Å². The summed E-state index contributed by atoms with van der Waals surface area (Å²) in [6.07, 6.45) is 3.89. The van der Waals surface area contributed by atoms with Gasteiger partial charge in [-0.3, -0.25) is 4.79 Å². The number of aromatic amines is 1. The van der Waals surface area contributed by atoms with Gasteiger partial charge in [0.15, 0.2) is 0 Å². The molecule has 7 heteroatoms. The maximum atomic E-state index is 12.0. The number of carbonyl (C=O) groups excluding carboxylic acids is 1. The number of benzene rings is 1. The fourth-order valence-corrected chi connectivity index (χ4v) is 2.63. The molecule has 2 aromatic rings. The quantitative estimate of drug-likeness (QED) is 0.882. The lowest BCUT2D eigenvalue weighted by Gasteiger charge is -2.11. The van der Waals surface area contributed by atoms with Crippen molar-refractivity contribution >= 4 is 11.6 Å². The Labute approximate surface area is 128 Å². The van der Waals surface area contributed by atoms with Crippen molar-refractivity contribution in [3.8, 4) is 11.4 Å². The number of ether oxygens (including phenoxy) is 1. The molecule has 0 spiro atoms. The van der Waals surface area contributed by atoms with Crippen LogP contribution in [0.15, 0.2) is 24.3 Å². The zero-order chi connectivity index (χ0) is 15.4. The third-order valence-electron chi connectivity index (χ3n) is 3.76. The van der Waals surface area contributed by atoms with Gasteiger partial charge < -0.3 is 10.1 Å². The van der Waals surface area contributed by atoms with Crippen LogP contribution in [0.25, 0.3) is 11.4 Å². The summed E-state index contributed by atoms with van der Waals surface area (Å²) in [6, 6.07) is 7.39. The average Bonchev–Trinajstić information content (AvgIpc) is 3.17. The number of hydrogen-bond donors (Lipinski definition) is 2. The number of amides is 1. The fourth-order valence-electron chi connectivity index (χ4n) is 2.63. The first-order chi connectivity index (χ1) is 10.7. The van der Waals surface area contributed by atoms with Gasteiger partial charge in [0.25, 0.3) is 0 Å². The Kier molecular flexibility index (Phi) is 4.43. The van der Waals surface area contributed by atoms with Crippen molar-refractivity contribution in [2.24, 2.45) is 0 Å². The first kappa shape index (κ1) is 14.6. The van der Waals surface area contributed by atoms with E-state index in [1.165, 1.54) is 0 Å². The Morgan fingerprint density at radius 1 is 1.45 bits per heavy atom. The SMILES string of the molecule is C[C@H]1CC[C@@H](CCC(=O)Nc2cccc(-c3nn[nH]n3)c2)O1. The van der Waals surface area contributed by atoms with E-state index in [0.717, 1.165) is 30.5 Å². The molecule has 3 rings (SSSR count). The molecule has 1 fully saturated rings. The number of nitrogens with one attached hydrogen (secondary N) is 2. The van der Waals surface area contributed by atoms with Gasteiger partial charge in [-0.05, 0) is 43.5 Å². The van der Waals surface area contributed by atoms with Crippen LogP contribution in [0.3, 0.4) is 0 Å². The van der Waals surface area contributed by atoms with Gasteiger partial charge in [0.2, 0.25) is 11.7 Å². The molecule has 0 bridgehead atoms. The van der Waals surface area contributed by atoms with E-state index in [1.807, 2.05) is 24.3 Å². The number of nitrogens with zero attached hydrogens (tertiary/aromatic N) is 3. The summed E-state index contributed by atoms with van der Waals surface area (Å²) in [6.45, 7) is 2.07. The molecule has 1 saturated heterocycles.